The van der Waals surface area contributed by atoms with Gasteiger partial charge in [0.15, 0.2) is 0 Å². The Morgan fingerprint density at radius 1 is 0.608 bits per heavy atom. The third-order valence-corrected chi connectivity index (χ3v) is 8.62. The molecule has 1 aliphatic carbocycles. The second kappa shape index (κ2) is 21.1. The Morgan fingerprint density at radius 2 is 1.06 bits per heavy atom. The van der Waals surface area contributed by atoms with Gasteiger partial charge in [-0.2, -0.15) is 0 Å². The third-order valence-electron chi connectivity index (χ3n) is 8.62. The summed E-state index contributed by atoms with van der Waals surface area (Å²) < 4.78 is 0. The number of unbranched alkanes of at least 4 members (excludes halogenated alkanes) is 4. The van der Waals surface area contributed by atoms with Gasteiger partial charge in [-0.25, -0.2) is 4.79 Å². The molecule has 51 heavy (non-hydrogen) atoms. The Kier molecular flexibility index (Phi) is 16.6. The first-order valence-corrected chi connectivity index (χ1v) is 17.5. The van der Waals surface area contributed by atoms with Gasteiger partial charge in [0.1, 0.15) is 24.2 Å². The second-order valence-electron chi connectivity index (χ2n) is 13.1. The van der Waals surface area contributed by atoms with Gasteiger partial charge in [-0.15, -0.1) is 0 Å². The fraction of sp³-hybridized carbons (Fsp3) is 0.486. The maximum atomic E-state index is 13.1. The van der Waals surface area contributed by atoms with E-state index in [4.69, 9.17) is 11.5 Å². The van der Waals surface area contributed by atoms with Crippen LogP contribution in [-0.2, 0) is 46.4 Å². The Hall–Kier alpha value is -5.27. The number of rotatable bonds is 24. The van der Waals surface area contributed by atoms with E-state index in [1.807, 2.05) is 30.3 Å². The van der Waals surface area contributed by atoms with Crippen molar-refractivity contribution in [2.45, 2.75) is 108 Å². The van der Waals surface area contributed by atoms with E-state index in [0.717, 1.165) is 24.8 Å². The number of hydrogen-bond donors (Lipinski definition) is 7. The number of primary amides is 2. The highest BCUT2D eigenvalue weighted by molar-refractivity contribution is 5.94. The van der Waals surface area contributed by atoms with Gasteiger partial charge in [-0.05, 0) is 36.3 Å². The third kappa shape index (κ3) is 15.9. The first-order chi connectivity index (χ1) is 24.4. The largest absolute Gasteiger partial charge is 0.480 e. The van der Waals surface area contributed by atoms with E-state index in [1.165, 1.54) is 0 Å². The zero-order valence-electron chi connectivity index (χ0n) is 28.8. The zero-order chi connectivity index (χ0) is 37.2. The van der Waals surface area contributed by atoms with Gasteiger partial charge in [0.25, 0.3) is 0 Å². The number of hydrogen-bond acceptors (Lipinski definition) is 7. The number of benzene rings is 2. The maximum Gasteiger partial charge on any atom is 0.326 e. The number of carboxylic acids is 1. The van der Waals surface area contributed by atoms with Crippen LogP contribution in [0.25, 0.3) is 0 Å². The molecular formula is C37H50N6O8. The van der Waals surface area contributed by atoms with Crippen LogP contribution in [0, 0.1) is 5.92 Å². The standard InChI is InChI=1S/C37H50N6O8/c38-31(44)23-29(36(49)43-30(37(50)51)22-25-14-8-5-9-15-25)41-33(46)17-11-3-1-2-10-16-32(45)40-28(21-26-18-19-26)35(48)42-27(34(39)47)20-24-12-6-4-7-13-24/h4-9,12-15,26-30H,1-3,10-11,16-23H2,(H2,38,44)(H2,39,47)(H,40,45)(H,41,46)(H,42,48)(H,43,49)(H,50,51)/t27-,28-,29-,30-/m0/s1. The van der Waals surface area contributed by atoms with E-state index >= 15 is 0 Å². The monoisotopic (exact) mass is 706 g/mol. The molecule has 0 heterocycles. The maximum absolute atomic E-state index is 13.1. The highest BCUT2D eigenvalue weighted by atomic mass is 16.4. The zero-order valence-corrected chi connectivity index (χ0v) is 28.8. The summed E-state index contributed by atoms with van der Waals surface area (Å²) in [5.41, 5.74) is 12.4. The summed E-state index contributed by atoms with van der Waals surface area (Å²) in [6, 6.07) is 13.7. The molecule has 14 heteroatoms. The molecule has 1 fully saturated rings. The van der Waals surface area contributed by atoms with Crippen molar-refractivity contribution in [1.29, 1.82) is 0 Å². The van der Waals surface area contributed by atoms with Crippen LogP contribution in [0.5, 0.6) is 0 Å². The molecule has 1 aliphatic rings. The van der Waals surface area contributed by atoms with Crippen molar-refractivity contribution in [1.82, 2.24) is 21.3 Å². The summed E-state index contributed by atoms with van der Waals surface area (Å²) in [6.45, 7) is 0. The van der Waals surface area contributed by atoms with E-state index in [0.29, 0.717) is 43.6 Å². The SMILES string of the molecule is NC(=O)C[C@H](NC(=O)CCCCCCCC(=O)N[C@@H](CC1CC1)C(=O)N[C@@H](Cc1ccccc1)C(N)=O)C(=O)N[C@@H](Cc1ccccc1)C(=O)O. The minimum absolute atomic E-state index is 0.0176. The normalized spacial score (nSPS) is 14.6. The van der Waals surface area contributed by atoms with Gasteiger partial charge in [-0.3, -0.25) is 28.8 Å². The van der Waals surface area contributed by atoms with Crippen LogP contribution < -0.4 is 32.7 Å². The number of carboxylic acid groups (broad SMARTS) is 1. The van der Waals surface area contributed by atoms with Crippen LogP contribution in [0.1, 0.15) is 81.8 Å². The molecule has 4 atom stereocenters. The van der Waals surface area contributed by atoms with Crippen molar-refractivity contribution in [3.63, 3.8) is 0 Å². The molecule has 9 N–H and O–H groups in total. The molecule has 0 unspecified atom stereocenters. The highest BCUT2D eigenvalue weighted by Gasteiger charge is 2.32. The summed E-state index contributed by atoms with van der Waals surface area (Å²) in [5.74, 6) is -4.38. The summed E-state index contributed by atoms with van der Waals surface area (Å²) in [6.07, 6.45) is 5.70. The lowest BCUT2D eigenvalue weighted by molar-refractivity contribution is -0.142. The fourth-order valence-electron chi connectivity index (χ4n) is 5.63. The predicted octanol–water partition coefficient (Wildman–Crippen LogP) is 1.39. The van der Waals surface area contributed by atoms with Gasteiger partial charge >= 0.3 is 5.97 Å². The highest BCUT2D eigenvalue weighted by Crippen LogP contribution is 2.33. The van der Waals surface area contributed by atoms with Crippen LogP contribution in [0.3, 0.4) is 0 Å². The van der Waals surface area contributed by atoms with Crippen LogP contribution in [-0.4, -0.2) is 70.7 Å². The predicted molar refractivity (Wildman–Crippen MR) is 188 cm³/mol. The van der Waals surface area contributed by atoms with Gasteiger partial charge in [0, 0.05) is 25.7 Å². The van der Waals surface area contributed by atoms with Crippen LogP contribution in [0.4, 0.5) is 0 Å². The lowest BCUT2D eigenvalue weighted by Gasteiger charge is -2.22. The van der Waals surface area contributed by atoms with E-state index in [-0.39, 0.29) is 31.6 Å². The van der Waals surface area contributed by atoms with E-state index in [2.05, 4.69) is 21.3 Å². The number of amides is 6. The van der Waals surface area contributed by atoms with Crippen molar-refractivity contribution < 1.29 is 38.7 Å². The number of carbonyl (C=O) groups is 7. The Balaban J connectivity index is 1.37. The minimum Gasteiger partial charge on any atom is -0.480 e. The van der Waals surface area contributed by atoms with Crippen LogP contribution in [0.15, 0.2) is 60.7 Å². The molecule has 2 aromatic carbocycles. The summed E-state index contributed by atoms with van der Waals surface area (Å²) in [5, 5.41) is 20.0. The molecule has 0 aromatic heterocycles. The quantitative estimate of drug-likeness (QED) is 0.0785. The molecular weight excluding hydrogens is 656 g/mol. The molecule has 6 amide bonds. The smallest absolute Gasteiger partial charge is 0.326 e. The topological polar surface area (TPSA) is 240 Å². The number of aliphatic carboxylic acids is 1. The van der Waals surface area contributed by atoms with Crippen molar-refractivity contribution in [2.24, 2.45) is 17.4 Å². The van der Waals surface area contributed by atoms with E-state index in [1.54, 1.807) is 30.3 Å². The minimum atomic E-state index is -1.32. The van der Waals surface area contributed by atoms with Gasteiger partial charge < -0.3 is 37.8 Å². The Morgan fingerprint density at radius 3 is 1.53 bits per heavy atom. The Bertz CT molecular complexity index is 1480. The van der Waals surface area contributed by atoms with E-state index < -0.39 is 66.1 Å². The summed E-state index contributed by atoms with van der Waals surface area (Å²) in [4.78, 5) is 86.7. The number of nitrogens with one attached hydrogen (secondary N) is 4. The van der Waals surface area contributed by atoms with Crippen LogP contribution >= 0.6 is 0 Å². The molecule has 0 aliphatic heterocycles. The molecule has 2 aromatic rings. The average molecular weight is 707 g/mol. The second-order valence-corrected chi connectivity index (χ2v) is 13.1. The van der Waals surface area contributed by atoms with Crippen molar-refractivity contribution in [2.75, 3.05) is 0 Å². The fourth-order valence-corrected chi connectivity index (χ4v) is 5.63. The van der Waals surface area contributed by atoms with Crippen molar-refractivity contribution in [3.05, 3.63) is 71.8 Å². The van der Waals surface area contributed by atoms with Crippen molar-refractivity contribution >= 4 is 41.4 Å². The summed E-state index contributed by atoms with van der Waals surface area (Å²) in [7, 11) is 0. The first kappa shape index (κ1) is 40.2. The van der Waals surface area contributed by atoms with Crippen LogP contribution in [0.2, 0.25) is 0 Å². The summed E-state index contributed by atoms with van der Waals surface area (Å²) >= 11 is 0. The first-order valence-electron chi connectivity index (χ1n) is 17.5. The molecule has 14 nitrogen and oxygen atoms in total. The van der Waals surface area contributed by atoms with Crippen molar-refractivity contribution in [3.8, 4) is 0 Å². The number of carbonyl (C=O) groups excluding carboxylic acids is 6. The average Bonchev–Trinajstić information content (AvgIpc) is 3.91. The molecule has 0 saturated heterocycles. The Labute approximate surface area is 297 Å². The lowest BCUT2D eigenvalue weighted by Crippen LogP contribution is -2.53. The molecule has 1 saturated carbocycles. The molecule has 0 radical (unpaired) electrons. The van der Waals surface area contributed by atoms with Gasteiger partial charge in [0.2, 0.25) is 35.4 Å². The molecule has 276 valence electrons. The lowest BCUT2D eigenvalue weighted by atomic mass is 10.0. The van der Waals surface area contributed by atoms with Gasteiger partial charge in [-0.1, -0.05) is 92.8 Å². The van der Waals surface area contributed by atoms with E-state index in [9.17, 15) is 38.7 Å². The van der Waals surface area contributed by atoms with Gasteiger partial charge in [0.05, 0.1) is 6.42 Å². The molecule has 0 spiro atoms. The molecule has 3 rings (SSSR count). The molecule has 0 bridgehead atoms. The number of nitrogens with two attached hydrogens (primary N) is 2.